The van der Waals surface area contributed by atoms with E-state index in [2.05, 4.69) is 25.8 Å². The lowest BCUT2D eigenvalue weighted by molar-refractivity contribution is 0.0393. The average Bonchev–Trinajstić information content (AvgIpc) is 1.83. The van der Waals surface area contributed by atoms with Gasteiger partial charge in [-0.3, -0.25) is 4.90 Å². The molecular formula is C10H21NO. The summed E-state index contributed by atoms with van der Waals surface area (Å²) in [6, 6.07) is 0.770. The van der Waals surface area contributed by atoms with Crippen molar-refractivity contribution in [2.75, 3.05) is 13.7 Å². The van der Waals surface area contributed by atoms with Crippen LogP contribution in [0, 0.1) is 0 Å². The number of aliphatic hydroxyl groups excluding tert-OH is 1. The van der Waals surface area contributed by atoms with Gasteiger partial charge < -0.3 is 5.11 Å². The van der Waals surface area contributed by atoms with Crippen molar-refractivity contribution >= 4 is 0 Å². The largest absolute Gasteiger partial charge is 0.396 e. The molecule has 0 unspecified atom stereocenters. The van der Waals surface area contributed by atoms with E-state index in [0.29, 0.717) is 6.61 Å². The summed E-state index contributed by atoms with van der Waals surface area (Å²) in [6.45, 7) is 4.72. The second-order valence-corrected chi connectivity index (χ2v) is 4.48. The van der Waals surface area contributed by atoms with Crippen molar-refractivity contribution in [3.63, 3.8) is 0 Å². The Bertz CT molecular complexity index is 141. The molecule has 0 heterocycles. The quantitative estimate of drug-likeness (QED) is 0.695. The molecule has 0 amide bonds. The summed E-state index contributed by atoms with van der Waals surface area (Å²) >= 11 is 0. The van der Waals surface area contributed by atoms with Gasteiger partial charge >= 0.3 is 0 Å². The zero-order chi connectivity index (χ0) is 9.19. The fraction of sp³-hybridized carbons (Fsp3) is 1.00. The Hall–Kier alpha value is -0.0800. The molecule has 2 heteroatoms. The number of aliphatic hydroxyl groups is 1. The lowest BCUT2D eigenvalue weighted by atomic mass is 9.87. The van der Waals surface area contributed by atoms with E-state index >= 15 is 0 Å². The maximum atomic E-state index is 8.90. The zero-order valence-electron chi connectivity index (χ0n) is 8.51. The molecule has 0 radical (unpaired) electrons. The van der Waals surface area contributed by atoms with Crippen LogP contribution >= 0.6 is 0 Å². The van der Waals surface area contributed by atoms with Gasteiger partial charge in [-0.25, -0.2) is 0 Å². The third-order valence-corrected chi connectivity index (χ3v) is 3.30. The molecule has 0 spiro atoms. The van der Waals surface area contributed by atoms with Gasteiger partial charge in [0.2, 0.25) is 0 Å². The number of hydrogen-bond donors (Lipinski definition) is 1. The molecule has 72 valence electrons. The summed E-state index contributed by atoms with van der Waals surface area (Å²) in [5.74, 6) is 0. The Balaban J connectivity index is 2.41. The molecule has 0 saturated heterocycles. The van der Waals surface area contributed by atoms with Crippen LogP contribution in [0.25, 0.3) is 0 Å². The van der Waals surface area contributed by atoms with Crippen LogP contribution in [-0.2, 0) is 0 Å². The lowest BCUT2D eigenvalue weighted by Gasteiger charge is -2.45. The normalized spacial score (nSPS) is 19.8. The second-order valence-electron chi connectivity index (χ2n) is 4.48. The minimum absolute atomic E-state index is 0.167. The minimum atomic E-state index is 0.167. The van der Waals surface area contributed by atoms with Crippen LogP contribution in [-0.4, -0.2) is 35.2 Å². The third-order valence-electron chi connectivity index (χ3n) is 3.30. The van der Waals surface area contributed by atoms with Crippen LogP contribution in [0.15, 0.2) is 0 Å². The molecule has 1 N–H and O–H groups in total. The first-order valence-corrected chi connectivity index (χ1v) is 4.92. The molecule has 2 nitrogen and oxygen atoms in total. The molecule has 1 saturated carbocycles. The van der Waals surface area contributed by atoms with Gasteiger partial charge in [0.25, 0.3) is 0 Å². The minimum Gasteiger partial charge on any atom is -0.396 e. The first-order chi connectivity index (χ1) is 5.58. The topological polar surface area (TPSA) is 23.5 Å². The predicted molar refractivity (Wildman–Crippen MR) is 51.2 cm³/mol. The van der Waals surface area contributed by atoms with Gasteiger partial charge in [-0.15, -0.1) is 0 Å². The van der Waals surface area contributed by atoms with Gasteiger partial charge in [0.15, 0.2) is 0 Å². The van der Waals surface area contributed by atoms with Crippen molar-refractivity contribution in [2.24, 2.45) is 0 Å². The molecule has 0 aromatic carbocycles. The highest BCUT2D eigenvalue weighted by atomic mass is 16.3. The second kappa shape index (κ2) is 3.75. The number of hydrogen-bond acceptors (Lipinski definition) is 2. The van der Waals surface area contributed by atoms with E-state index < -0.39 is 0 Å². The Kier molecular flexibility index (Phi) is 3.13. The van der Waals surface area contributed by atoms with Crippen LogP contribution in [0.2, 0.25) is 0 Å². The molecule has 1 rings (SSSR count). The van der Waals surface area contributed by atoms with E-state index in [1.165, 1.54) is 19.3 Å². The van der Waals surface area contributed by atoms with Gasteiger partial charge in [-0.1, -0.05) is 6.42 Å². The molecule has 0 aromatic rings. The van der Waals surface area contributed by atoms with E-state index in [1.807, 2.05) is 0 Å². The van der Waals surface area contributed by atoms with Crippen molar-refractivity contribution in [1.29, 1.82) is 0 Å². The Morgan fingerprint density at radius 3 is 2.33 bits per heavy atom. The van der Waals surface area contributed by atoms with E-state index in [0.717, 1.165) is 12.5 Å². The summed E-state index contributed by atoms with van der Waals surface area (Å²) in [7, 11) is 2.18. The van der Waals surface area contributed by atoms with Crippen molar-refractivity contribution in [3.8, 4) is 0 Å². The molecule has 0 atom stereocenters. The van der Waals surface area contributed by atoms with Crippen LogP contribution < -0.4 is 0 Å². The van der Waals surface area contributed by atoms with Crippen molar-refractivity contribution < 1.29 is 5.11 Å². The maximum Gasteiger partial charge on any atom is 0.0448 e. The molecule has 12 heavy (non-hydrogen) atoms. The van der Waals surface area contributed by atoms with Gasteiger partial charge in [0.1, 0.15) is 0 Å². The summed E-state index contributed by atoms with van der Waals surface area (Å²) in [6.07, 6.45) is 4.93. The lowest BCUT2D eigenvalue weighted by Crippen LogP contribution is -2.50. The summed E-state index contributed by atoms with van der Waals surface area (Å²) in [5, 5.41) is 8.90. The molecule has 0 aromatic heterocycles. The van der Waals surface area contributed by atoms with E-state index in [-0.39, 0.29) is 5.54 Å². The smallest absolute Gasteiger partial charge is 0.0448 e. The Labute approximate surface area is 75.6 Å². The SMILES string of the molecule is CN(C1CCC1)C(C)(C)CCO. The molecule has 1 aliphatic carbocycles. The first kappa shape index (κ1) is 10.0. The van der Waals surface area contributed by atoms with Crippen molar-refractivity contribution in [3.05, 3.63) is 0 Å². The third kappa shape index (κ3) is 1.99. The van der Waals surface area contributed by atoms with Gasteiger partial charge in [0, 0.05) is 18.2 Å². The van der Waals surface area contributed by atoms with E-state index in [1.54, 1.807) is 0 Å². The van der Waals surface area contributed by atoms with E-state index in [4.69, 9.17) is 5.11 Å². The molecule has 1 fully saturated rings. The summed E-state index contributed by atoms with van der Waals surface area (Å²) < 4.78 is 0. The van der Waals surface area contributed by atoms with E-state index in [9.17, 15) is 0 Å². The monoisotopic (exact) mass is 171 g/mol. The molecule has 0 aliphatic heterocycles. The number of nitrogens with zero attached hydrogens (tertiary/aromatic N) is 1. The highest BCUT2D eigenvalue weighted by molar-refractivity contribution is 4.88. The summed E-state index contributed by atoms with van der Waals surface area (Å²) in [5.41, 5.74) is 0.167. The highest BCUT2D eigenvalue weighted by Gasteiger charge is 2.31. The standard InChI is InChI=1S/C10H21NO/c1-10(2,7-8-12)11(3)9-5-4-6-9/h9,12H,4-8H2,1-3H3. The first-order valence-electron chi connectivity index (χ1n) is 4.92. The predicted octanol–water partition coefficient (Wildman–Crippen LogP) is 1.63. The van der Waals surface area contributed by atoms with Crippen LogP contribution in [0.1, 0.15) is 39.5 Å². The highest BCUT2D eigenvalue weighted by Crippen LogP contribution is 2.30. The zero-order valence-corrected chi connectivity index (χ0v) is 8.51. The van der Waals surface area contributed by atoms with Gasteiger partial charge in [0.05, 0.1) is 0 Å². The van der Waals surface area contributed by atoms with Crippen molar-refractivity contribution in [2.45, 2.75) is 51.1 Å². The number of rotatable bonds is 4. The molecule has 0 bridgehead atoms. The van der Waals surface area contributed by atoms with Crippen LogP contribution in [0.3, 0.4) is 0 Å². The van der Waals surface area contributed by atoms with Crippen LogP contribution in [0.5, 0.6) is 0 Å². The van der Waals surface area contributed by atoms with Gasteiger partial charge in [-0.2, -0.15) is 0 Å². The maximum absolute atomic E-state index is 8.90. The molecule has 1 aliphatic rings. The Morgan fingerprint density at radius 1 is 1.42 bits per heavy atom. The summed E-state index contributed by atoms with van der Waals surface area (Å²) in [4.78, 5) is 2.42. The van der Waals surface area contributed by atoms with Crippen molar-refractivity contribution in [1.82, 2.24) is 4.90 Å². The fourth-order valence-electron chi connectivity index (χ4n) is 1.72. The molecular weight excluding hydrogens is 150 g/mol. The fourth-order valence-corrected chi connectivity index (χ4v) is 1.72. The van der Waals surface area contributed by atoms with Gasteiger partial charge in [-0.05, 0) is 40.2 Å². The average molecular weight is 171 g/mol. The van der Waals surface area contributed by atoms with Crippen LogP contribution in [0.4, 0.5) is 0 Å². The Morgan fingerprint density at radius 2 is 2.00 bits per heavy atom.